The molecule has 3 aromatic carbocycles. The third-order valence-corrected chi connectivity index (χ3v) is 7.40. The Morgan fingerprint density at radius 1 is 1.12 bits per heavy atom. The van der Waals surface area contributed by atoms with Gasteiger partial charge in [0.05, 0.1) is 5.25 Å². The minimum atomic E-state index is -0.584. The first-order chi connectivity index (χ1) is 16.4. The number of benzene rings is 3. The lowest BCUT2D eigenvalue weighted by Crippen LogP contribution is -2.31. The molecule has 2 amide bonds. The van der Waals surface area contributed by atoms with Crippen LogP contribution in [-0.4, -0.2) is 17.1 Å². The van der Waals surface area contributed by atoms with Crippen molar-refractivity contribution in [3.8, 4) is 6.07 Å². The van der Waals surface area contributed by atoms with Gasteiger partial charge in [-0.3, -0.25) is 14.5 Å². The quantitative estimate of drug-likeness (QED) is 0.291. The van der Waals surface area contributed by atoms with Crippen molar-refractivity contribution < 1.29 is 9.59 Å². The molecule has 1 unspecified atom stereocenters. The van der Waals surface area contributed by atoms with Crippen LogP contribution in [-0.2, 0) is 16.0 Å². The van der Waals surface area contributed by atoms with E-state index in [4.69, 9.17) is 11.6 Å². The van der Waals surface area contributed by atoms with Crippen molar-refractivity contribution in [1.82, 2.24) is 0 Å². The lowest BCUT2D eigenvalue weighted by Gasteiger charge is -2.19. The van der Waals surface area contributed by atoms with E-state index in [2.05, 4.69) is 21.2 Å². The summed E-state index contributed by atoms with van der Waals surface area (Å²) in [4.78, 5) is 28.1. The van der Waals surface area contributed by atoms with E-state index in [1.54, 1.807) is 36.4 Å². The number of anilines is 2. The van der Waals surface area contributed by atoms with Crippen LogP contribution in [0.3, 0.4) is 0 Å². The van der Waals surface area contributed by atoms with Gasteiger partial charge in [-0.1, -0.05) is 63.6 Å². The predicted molar refractivity (Wildman–Crippen MR) is 141 cm³/mol. The minimum absolute atomic E-state index is 0.122. The van der Waals surface area contributed by atoms with E-state index in [1.807, 2.05) is 49.4 Å². The number of aryl methyl sites for hydroxylation is 1. The zero-order chi connectivity index (χ0) is 24.2. The summed E-state index contributed by atoms with van der Waals surface area (Å²) in [6.07, 6.45) is 0.490. The number of nitrogens with zero attached hydrogens (tertiary/aromatic N) is 2. The molecule has 1 aliphatic heterocycles. The number of halogens is 2. The summed E-state index contributed by atoms with van der Waals surface area (Å²) in [5.74, 6) is -0.753. The maximum atomic E-state index is 13.6. The summed E-state index contributed by atoms with van der Waals surface area (Å²) in [5, 5.41) is 13.1. The third kappa shape index (κ3) is 5.20. The number of carbonyl (C=O) groups excluding carboxylic acids is 2. The molecule has 0 radical (unpaired) electrons. The third-order valence-electron chi connectivity index (χ3n) is 5.36. The molecule has 170 valence electrons. The summed E-state index contributed by atoms with van der Waals surface area (Å²) in [7, 11) is 0. The molecule has 0 aromatic heterocycles. The molecule has 1 N–H and O–H groups in total. The number of hydrogen-bond donors (Lipinski definition) is 1. The topological polar surface area (TPSA) is 73.2 Å². The van der Waals surface area contributed by atoms with Gasteiger partial charge in [0.25, 0.3) is 5.91 Å². The summed E-state index contributed by atoms with van der Waals surface area (Å²) in [5.41, 5.74) is 3.11. The Labute approximate surface area is 215 Å². The summed E-state index contributed by atoms with van der Waals surface area (Å²) >= 11 is 10.6. The number of hydrogen-bond acceptors (Lipinski definition) is 4. The van der Waals surface area contributed by atoms with Gasteiger partial charge in [-0.15, -0.1) is 0 Å². The number of carbonyl (C=O) groups is 2. The molecule has 1 atom stereocenters. The van der Waals surface area contributed by atoms with Crippen LogP contribution in [0.4, 0.5) is 11.4 Å². The van der Waals surface area contributed by atoms with E-state index in [0.717, 1.165) is 15.6 Å². The van der Waals surface area contributed by atoms with Gasteiger partial charge in [0.2, 0.25) is 5.91 Å². The van der Waals surface area contributed by atoms with E-state index in [0.29, 0.717) is 27.8 Å². The average molecular weight is 553 g/mol. The van der Waals surface area contributed by atoms with Gasteiger partial charge in [-0.05, 0) is 73.0 Å². The van der Waals surface area contributed by atoms with Crippen LogP contribution in [0.15, 0.2) is 87.9 Å². The molecule has 0 spiro atoms. The fourth-order valence-corrected chi connectivity index (χ4v) is 5.26. The second-order valence-electron chi connectivity index (χ2n) is 7.64. The Balaban J connectivity index is 1.73. The number of thioether (sulfide) groups is 1. The van der Waals surface area contributed by atoms with E-state index >= 15 is 0 Å². The zero-order valence-electron chi connectivity index (χ0n) is 18.1. The Kier molecular flexibility index (Phi) is 7.42. The van der Waals surface area contributed by atoms with Gasteiger partial charge in [0.15, 0.2) is 0 Å². The Hall–Kier alpha value is -3.05. The standard InChI is InChI=1S/C26H19BrClN3O2S/c1-16-4-2-3-5-17(16)14-23-25(33)31(21-12-6-18(27)7-13-21)26(34-23)22(15-29)24(32)30-20-10-8-19(28)9-11-20/h2-13,23H,14H2,1H3,(H,30,32)/b26-22-. The first-order valence-electron chi connectivity index (χ1n) is 10.4. The Morgan fingerprint density at radius 2 is 1.79 bits per heavy atom. The van der Waals surface area contributed by atoms with Crippen LogP contribution in [0.25, 0.3) is 0 Å². The van der Waals surface area contributed by atoms with Gasteiger partial charge < -0.3 is 5.32 Å². The van der Waals surface area contributed by atoms with E-state index in [1.165, 1.54) is 16.7 Å². The van der Waals surface area contributed by atoms with E-state index in [9.17, 15) is 14.9 Å². The average Bonchev–Trinajstić information content (AvgIpc) is 3.13. The molecular weight excluding hydrogens is 534 g/mol. The molecule has 1 aliphatic rings. The highest BCUT2D eigenvalue weighted by Gasteiger charge is 2.41. The fraction of sp³-hybridized carbons (Fsp3) is 0.115. The lowest BCUT2D eigenvalue weighted by molar-refractivity contribution is -0.117. The molecule has 0 saturated carbocycles. The minimum Gasteiger partial charge on any atom is -0.321 e. The van der Waals surface area contributed by atoms with Crippen LogP contribution >= 0.6 is 39.3 Å². The van der Waals surface area contributed by atoms with Crippen molar-refractivity contribution in [2.45, 2.75) is 18.6 Å². The number of amides is 2. The van der Waals surface area contributed by atoms with Crippen molar-refractivity contribution >= 4 is 62.5 Å². The van der Waals surface area contributed by atoms with E-state index < -0.39 is 11.2 Å². The Bertz CT molecular complexity index is 1320. The molecule has 3 aromatic rings. The van der Waals surface area contributed by atoms with Gasteiger partial charge in [-0.2, -0.15) is 5.26 Å². The van der Waals surface area contributed by atoms with Crippen molar-refractivity contribution in [1.29, 1.82) is 5.26 Å². The largest absolute Gasteiger partial charge is 0.321 e. The lowest BCUT2D eigenvalue weighted by atomic mass is 10.0. The zero-order valence-corrected chi connectivity index (χ0v) is 21.2. The van der Waals surface area contributed by atoms with Crippen molar-refractivity contribution in [2.75, 3.05) is 10.2 Å². The molecule has 34 heavy (non-hydrogen) atoms. The highest BCUT2D eigenvalue weighted by atomic mass is 79.9. The monoisotopic (exact) mass is 551 g/mol. The molecule has 1 heterocycles. The molecule has 1 saturated heterocycles. The van der Waals surface area contributed by atoms with Crippen LogP contribution in [0.2, 0.25) is 5.02 Å². The smallest absolute Gasteiger partial charge is 0.269 e. The first kappa shape index (κ1) is 24.1. The van der Waals surface area contributed by atoms with Crippen LogP contribution in [0.1, 0.15) is 11.1 Å². The fourth-order valence-electron chi connectivity index (χ4n) is 3.58. The molecule has 1 fully saturated rings. The maximum Gasteiger partial charge on any atom is 0.269 e. The van der Waals surface area contributed by atoms with E-state index in [-0.39, 0.29) is 11.5 Å². The molecular formula is C26H19BrClN3O2S. The van der Waals surface area contributed by atoms with Crippen LogP contribution in [0, 0.1) is 18.3 Å². The van der Waals surface area contributed by atoms with Gasteiger partial charge in [0.1, 0.15) is 16.7 Å². The summed E-state index contributed by atoms with van der Waals surface area (Å²) in [6.45, 7) is 2.00. The summed E-state index contributed by atoms with van der Waals surface area (Å²) in [6, 6.07) is 23.7. The molecule has 0 aliphatic carbocycles. The number of nitrogens with one attached hydrogen (secondary N) is 1. The molecule has 8 heteroatoms. The molecule has 0 bridgehead atoms. The normalized spacial score (nSPS) is 16.8. The highest BCUT2D eigenvalue weighted by molar-refractivity contribution is 9.10. The number of rotatable bonds is 5. The SMILES string of the molecule is Cc1ccccc1CC1S/C(=C(/C#N)C(=O)Nc2ccc(Cl)cc2)N(c2ccc(Br)cc2)C1=O. The second-order valence-corrected chi connectivity index (χ2v) is 10.2. The number of nitriles is 1. The maximum absolute atomic E-state index is 13.6. The molecule has 4 rings (SSSR count). The van der Waals surface area contributed by atoms with Crippen molar-refractivity contribution in [2.24, 2.45) is 0 Å². The van der Waals surface area contributed by atoms with Crippen LogP contribution < -0.4 is 10.2 Å². The highest BCUT2D eigenvalue weighted by Crippen LogP contribution is 2.42. The first-order valence-corrected chi connectivity index (χ1v) is 12.4. The summed E-state index contributed by atoms with van der Waals surface area (Å²) < 4.78 is 0.860. The predicted octanol–water partition coefficient (Wildman–Crippen LogP) is 6.48. The molecule has 5 nitrogen and oxygen atoms in total. The van der Waals surface area contributed by atoms with Crippen molar-refractivity contribution in [3.63, 3.8) is 0 Å². The van der Waals surface area contributed by atoms with Crippen molar-refractivity contribution in [3.05, 3.63) is 104 Å². The Morgan fingerprint density at radius 3 is 2.44 bits per heavy atom. The van der Waals surface area contributed by atoms with Gasteiger partial charge in [0, 0.05) is 20.9 Å². The van der Waals surface area contributed by atoms with Crippen LogP contribution in [0.5, 0.6) is 0 Å². The van der Waals surface area contributed by atoms with Gasteiger partial charge in [-0.25, -0.2) is 0 Å². The van der Waals surface area contributed by atoms with Gasteiger partial charge >= 0.3 is 0 Å². The second kappa shape index (κ2) is 10.5.